The summed E-state index contributed by atoms with van der Waals surface area (Å²) in [6.45, 7) is 3.30. The zero-order valence-electron chi connectivity index (χ0n) is 18.4. The summed E-state index contributed by atoms with van der Waals surface area (Å²) in [4.78, 5) is 6.80. The summed E-state index contributed by atoms with van der Waals surface area (Å²) < 4.78 is 24.5. The fraction of sp³-hybridized carbons (Fsp3) is 0.435. The lowest BCUT2D eigenvalue weighted by Crippen LogP contribution is -2.42. The van der Waals surface area contributed by atoms with Gasteiger partial charge in [-0.2, -0.15) is 0 Å². The number of rotatable bonds is 8. The quantitative estimate of drug-likeness (QED) is 0.301. The molecule has 1 aliphatic heterocycles. The molecule has 1 atom stereocenters. The van der Waals surface area contributed by atoms with Gasteiger partial charge in [-0.25, -0.2) is 4.39 Å². The van der Waals surface area contributed by atoms with Crippen molar-refractivity contribution in [3.05, 3.63) is 59.4 Å². The number of hydrogen-bond donors (Lipinski definition) is 2. The Morgan fingerprint density at radius 3 is 2.42 bits per heavy atom. The van der Waals surface area contributed by atoms with Crippen LogP contribution in [0, 0.1) is 5.82 Å². The Bertz CT molecular complexity index is 859. The van der Waals surface area contributed by atoms with Crippen molar-refractivity contribution >= 4 is 29.9 Å². The van der Waals surface area contributed by atoms with Crippen molar-refractivity contribution in [1.29, 1.82) is 0 Å². The van der Waals surface area contributed by atoms with E-state index < -0.39 is 0 Å². The molecule has 1 aliphatic rings. The first-order chi connectivity index (χ1) is 14.7. The fourth-order valence-corrected chi connectivity index (χ4v) is 3.85. The third-order valence-corrected chi connectivity index (χ3v) is 5.44. The van der Waals surface area contributed by atoms with Crippen LogP contribution in [-0.2, 0) is 6.54 Å². The molecule has 0 aromatic heterocycles. The van der Waals surface area contributed by atoms with Crippen LogP contribution in [0.3, 0.4) is 0 Å². The van der Waals surface area contributed by atoms with Crippen molar-refractivity contribution in [2.24, 2.45) is 4.99 Å². The summed E-state index contributed by atoms with van der Waals surface area (Å²) in [5.74, 6) is 1.44. The number of nitrogens with zero attached hydrogens (tertiary/aromatic N) is 2. The van der Waals surface area contributed by atoms with Crippen LogP contribution in [-0.4, -0.2) is 51.8 Å². The number of guanidine groups is 1. The van der Waals surface area contributed by atoms with Gasteiger partial charge in [-0.1, -0.05) is 24.3 Å². The van der Waals surface area contributed by atoms with Gasteiger partial charge in [0.05, 0.1) is 20.3 Å². The largest absolute Gasteiger partial charge is 0.496 e. The van der Waals surface area contributed by atoms with Crippen LogP contribution in [0.1, 0.15) is 30.0 Å². The summed E-state index contributed by atoms with van der Waals surface area (Å²) in [6, 6.07) is 13.3. The number of methoxy groups -OCH3 is 2. The lowest BCUT2D eigenvalue weighted by atomic mass is 10.0. The first kappa shape index (κ1) is 25.2. The van der Waals surface area contributed by atoms with E-state index in [2.05, 4.69) is 26.6 Å². The SMILES string of the molecule is CN=C(NCc1ccc(OC)c(F)c1)NCC(c1ccccc1OC)N1CCCC1.I. The molecule has 0 bridgehead atoms. The van der Waals surface area contributed by atoms with E-state index in [-0.39, 0.29) is 41.6 Å². The molecule has 3 rings (SSSR count). The molecule has 6 nitrogen and oxygen atoms in total. The normalized spacial score (nSPS) is 15.2. The zero-order chi connectivity index (χ0) is 21.3. The highest BCUT2D eigenvalue weighted by Crippen LogP contribution is 2.31. The van der Waals surface area contributed by atoms with E-state index in [4.69, 9.17) is 9.47 Å². The molecule has 1 fully saturated rings. The van der Waals surface area contributed by atoms with Gasteiger partial charge in [-0.05, 0) is 49.7 Å². The van der Waals surface area contributed by atoms with Gasteiger partial charge < -0.3 is 20.1 Å². The van der Waals surface area contributed by atoms with Gasteiger partial charge in [-0.3, -0.25) is 9.89 Å². The van der Waals surface area contributed by atoms with Gasteiger partial charge in [0.1, 0.15) is 5.75 Å². The fourth-order valence-electron chi connectivity index (χ4n) is 3.85. The average molecular weight is 542 g/mol. The summed E-state index contributed by atoms with van der Waals surface area (Å²) in [7, 11) is 4.90. The van der Waals surface area contributed by atoms with Crippen molar-refractivity contribution < 1.29 is 13.9 Å². The topological polar surface area (TPSA) is 58.1 Å². The monoisotopic (exact) mass is 542 g/mol. The minimum Gasteiger partial charge on any atom is -0.496 e. The van der Waals surface area contributed by atoms with E-state index in [9.17, 15) is 4.39 Å². The van der Waals surface area contributed by atoms with Crippen molar-refractivity contribution in [3.8, 4) is 11.5 Å². The Kier molecular flexibility index (Phi) is 10.3. The van der Waals surface area contributed by atoms with Crippen molar-refractivity contribution in [1.82, 2.24) is 15.5 Å². The Labute approximate surface area is 201 Å². The van der Waals surface area contributed by atoms with Crippen LogP contribution in [0.5, 0.6) is 11.5 Å². The second-order valence-electron chi connectivity index (χ2n) is 7.28. The van der Waals surface area contributed by atoms with Crippen LogP contribution in [0.2, 0.25) is 0 Å². The molecule has 1 saturated heterocycles. The Morgan fingerprint density at radius 1 is 1.06 bits per heavy atom. The van der Waals surface area contributed by atoms with Crippen LogP contribution in [0.15, 0.2) is 47.5 Å². The molecule has 0 radical (unpaired) electrons. The van der Waals surface area contributed by atoms with Crippen molar-refractivity contribution in [2.75, 3.05) is 40.9 Å². The van der Waals surface area contributed by atoms with E-state index in [1.165, 1.54) is 31.6 Å². The second kappa shape index (κ2) is 12.7. The van der Waals surface area contributed by atoms with Gasteiger partial charge in [0, 0.05) is 25.7 Å². The summed E-state index contributed by atoms with van der Waals surface area (Å²) >= 11 is 0. The Morgan fingerprint density at radius 2 is 1.77 bits per heavy atom. The highest BCUT2D eigenvalue weighted by atomic mass is 127. The van der Waals surface area contributed by atoms with Crippen LogP contribution < -0.4 is 20.1 Å². The van der Waals surface area contributed by atoms with E-state index in [1.54, 1.807) is 20.2 Å². The molecule has 2 aromatic rings. The van der Waals surface area contributed by atoms with Crippen LogP contribution in [0.25, 0.3) is 0 Å². The number of halogens is 2. The van der Waals surface area contributed by atoms with Gasteiger partial charge in [-0.15, -0.1) is 24.0 Å². The summed E-state index contributed by atoms with van der Waals surface area (Å²) in [5.41, 5.74) is 1.99. The minimum absolute atomic E-state index is 0. The minimum atomic E-state index is -0.370. The van der Waals surface area contributed by atoms with E-state index >= 15 is 0 Å². The molecule has 0 saturated carbocycles. The number of aliphatic imine (C=N–C) groups is 1. The molecular formula is C23H32FIN4O2. The molecule has 2 N–H and O–H groups in total. The highest BCUT2D eigenvalue weighted by molar-refractivity contribution is 14.0. The third kappa shape index (κ3) is 6.70. The van der Waals surface area contributed by atoms with Gasteiger partial charge in [0.15, 0.2) is 17.5 Å². The maximum atomic E-state index is 13.9. The van der Waals surface area contributed by atoms with Crippen LogP contribution >= 0.6 is 24.0 Å². The first-order valence-corrected chi connectivity index (χ1v) is 10.3. The maximum absolute atomic E-state index is 13.9. The second-order valence-corrected chi connectivity index (χ2v) is 7.28. The number of hydrogen-bond acceptors (Lipinski definition) is 4. The standard InChI is InChI=1S/C23H31FN4O2.HI/c1-25-23(26-15-17-10-11-22(30-3)19(24)14-17)27-16-20(28-12-6-7-13-28)18-8-4-5-9-21(18)29-2;/h4-5,8-11,14,20H,6-7,12-13,15-16H2,1-3H3,(H2,25,26,27);1H. The predicted molar refractivity (Wildman–Crippen MR) is 133 cm³/mol. The molecule has 0 aliphatic carbocycles. The lowest BCUT2D eigenvalue weighted by Gasteiger charge is -2.30. The van der Waals surface area contributed by atoms with E-state index in [0.717, 1.165) is 24.4 Å². The molecule has 0 amide bonds. The molecule has 1 heterocycles. The number of nitrogens with one attached hydrogen (secondary N) is 2. The number of likely N-dealkylation sites (tertiary alicyclic amines) is 1. The smallest absolute Gasteiger partial charge is 0.191 e. The highest BCUT2D eigenvalue weighted by Gasteiger charge is 2.26. The van der Waals surface area contributed by atoms with E-state index in [1.807, 2.05) is 24.3 Å². The third-order valence-electron chi connectivity index (χ3n) is 5.44. The predicted octanol–water partition coefficient (Wildman–Crippen LogP) is 3.96. The molecule has 31 heavy (non-hydrogen) atoms. The molecule has 170 valence electrons. The molecule has 0 spiro atoms. The number of benzene rings is 2. The molecular weight excluding hydrogens is 510 g/mol. The lowest BCUT2D eigenvalue weighted by molar-refractivity contribution is 0.239. The van der Waals surface area contributed by atoms with Crippen molar-refractivity contribution in [3.63, 3.8) is 0 Å². The molecule has 8 heteroatoms. The Balaban J connectivity index is 0.00000341. The Hall–Kier alpha value is -2.07. The number of ether oxygens (including phenoxy) is 2. The van der Waals surface area contributed by atoms with Crippen LogP contribution in [0.4, 0.5) is 4.39 Å². The summed E-state index contributed by atoms with van der Waals surface area (Å²) in [5, 5.41) is 6.68. The van der Waals surface area contributed by atoms with Gasteiger partial charge >= 0.3 is 0 Å². The van der Waals surface area contributed by atoms with Gasteiger partial charge in [0.2, 0.25) is 0 Å². The average Bonchev–Trinajstić information content (AvgIpc) is 3.31. The van der Waals surface area contributed by atoms with E-state index in [0.29, 0.717) is 19.0 Å². The van der Waals surface area contributed by atoms with Crippen molar-refractivity contribution in [2.45, 2.75) is 25.4 Å². The first-order valence-electron chi connectivity index (χ1n) is 10.3. The molecule has 2 aromatic carbocycles. The number of para-hydroxylation sites is 1. The molecule has 1 unspecified atom stereocenters. The summed E-state index contributed by atoms with van der Waals surface area (Å²) in [6.07, 6.45) is 2.42. The zero-order valence-corrected chi connectivity index (χ0v) is 20.7. The van der Waals surface area contributed by atoms with Gasteiger partial charge in [0.25, 0.3) is 0 Å². The maximum Gasteiger partial charge on any atom is 0.191 e.